The smallest absolute Gasteiger partial charge is 0.323 e. The van der Waals surface area contributed by atoms with Gasteiger partial charge in [-0.05, 0) is 99.4 Å². The zero-order valence-electron chi connectivity index (χ0n) is 77.3. The fourth-order valence-electron chi connectivity index (χ4n) is 16.6. The molecule has 0 radical (unpaired) electrons. The Morgan fingerprint density at radius 2 is 1.07 bits per heavy atom. The van der Waals surface area contributed by atoms with E-state index in [0.717, 1.165) is 31.5 Å². The number of carboxylic acid groups (broad SMARTS) is 4. The van der Waals surface area contributed by atoms with Crippen molar-refractivity contribution in [1.29, 1.82) is 0 Å². The zero-order valence-corrected chi connectivity index (χ0v) is 78.1. The lowest BCUT2D eigenvalue weighted by molar-refractivity contribution is -0.149. The number of methoxy groups -OCH3 is 1. The van der Waals surface area contributed by atoms with E-state index in [1.54, 1.807) is 92.8 Å². The molecule has 3 saturated heterocycles. The van der Waals surface area contributed by atoms with Crippen LogP contribution in [-0.4, -0.2) is 341 Å². The van der Waals surface area contributed by atoms with Crippen LogP contribution in [0.15, 0.2) is 85.2 Å². The van der Waals surface area contributed by atoms with Crippen molar-refractivity contribution >= 4 is 152 Å². The van der Waals surface area contributed by atoms with E-state index >= 15 is 33.6 Å². The molecule has 3 fully saturated rings. The molecular weight excluding hydrogens is 1810 g/mol. The first-order valence-electron chi connectivity index (χ1n) is 45.1. The van der Waals surface area contributed by atoms with Crippen molar-refractivity contribution in [3.05, 3.63) is 102 Å². The summed E-state index contributed by atoms with van der Waals surface area (Å²) in [5.74, 6) is -23.4. The maximum Gasteiger partial charge on any atom is 0.323 e. The van der Waals surface area contributed by atoms with Gasteiger partial charge < -0.3 is 135 Å². The Bertz CT molecular complexity index is 5230. The number of amides is 16. The van der Waals surface area contributed by atoms with Crippen LogP contribution in [0.1, 0.15) is 134 Å². The highest BCUT2D eigenvalue weighted by Gasteiger charge is 2.47. The van der Waals surface area contributed by atoms with Gasteiger partial charge in [0.15, 0.2) is 0 Å². The van der Waals surface area contributed by atoms with Gasteiger partial charge in [0.1, 0.15) is 96.9 Å². The number of fused-ring (bicyclic) bond motifs is 4. The van der Waals surface area contributed by atoms with Gasteiger partial charge in [-0.3, -0.25) is 95.9 Å². The first kappa shape index (κ1) is 108. The molecule has 0 bridgehead atoms. The molecular formula is C90H124N20O26S. The fraction of sp³-hybridized carbons (Fsp3) is 0.533. The van der Waals surface area contributed by atoms with E-state index in [1.807, 2.05) is 0 Å². The molecule has 5 heterocycles. The van der Waals surface area contributed by atoms with E-state index in [-0.39, 0.29) is 70.9 Å². The van der Waals surface area contributed by atoms with Gasteiger partial charge in [-0.25, -0.2) is 0 Å². The second-order valence-corrected chi connectivity index (χ2v) is 35.1. The van der Waals surface area contributed by atoms with Crippen LogP contribution >= 0.6 is 11.8 Å². The highest BCUT2D eigenvalue weighted by atomic mass is 32.2. The minimum atomic E-state index is -1.95. The largest absolute Gasteiger partial charge is 0.497 e. The minimum absolute atomic E-state index is 0.0915. The number of nitrogens with one attached hydrogen (secondary N) is 11. The van der Waals surface area contributed by atoms with E-state index < -0.39 is 292 Å². The van der Waals surface area contributed by atoms with Crippen molar-refractivity contribution in [2.75, 3.05) is 72.5 Å². The number of aliphatic hydroxyl groups excluding tert-OH is 1. The quantitative estimate of drug-likeness (QED) is 0.0219. The molecule has 2 aromatic heterocycles. The number of hydrogen-bond donors (Lipinski definition) is 19. The van der Waals surface area contributed by atoms with Crippen LogP contribution in [0.4, 0.5) is 0 Å². The van der Waals surface area contributed by atoms with E-state index in [9.17, 15) is 87.9 Å². The molecule has 3 aromatic carbocycles. The van der Waals surface area contributed by atoms with Gasteiger partial charge in [-0.15, -0.1) is 11.8 Å². The van der Waals surface area contributed by atoms with Crippen molar-refractivity contribution in [3.8, 4) is 5.75 Å². The van der Waals surface area contributed by atoms with Gasteiger partial charge in [-0.2, -0.15) is 0 Å². The molecule has 16 amide bonds. The average Bonchev–Trinajstić information content (AvgIpc) is 1.67. The molecule has 0 spiro atoms. The summed E-state index contributed by atoms with van der Waals surface area (Å²) < 4.78 is 6.70. The third-order valence-electron chi connectivity index (χ3n) is 24.2. The van der Waals surface area contributed by atoms with Crippen molar-refractivity contribution in [1.82, 2.24) is 87.2 Å². The van der Waals surface area contributed by atoms with Crippen LogP contribution in [-0.2, 0) is 122 Å². The lowest BCUT2D eigenvalue weighted by atomic mass is 9.99. The number of thioether (sulfide) groups is 1. The second-order valence-electron chi connectivity index (χ2n) is 34.0. The maximum absolute atomic E-state index is 15.9. The van der Waals surface area contributed by atoms with Gasteiger partial charge in [0, 0.05) is 119 Å². The van der Waals surface area contributed by atoms with Gasteiger partial charge in [0.05, 0.1) is 31.9 Å². The minimum Gasteiger partial charge on any atom is -0.497 e. The Balaban J connectivity index is 1.22. The number of likely N-dealkylation sites (N-methyl/N-ethyl adjacent to an activating group) is 3. The summed E-state index contributed by atoms with van der Waals surface area (Å²) in [6, 6.07) is -4.12. The SMILES string of the molecule is CCCC[C@H]1C(=O)N(C)[C@@H](CCCC)C(=O)N[C@@H](CCC(=O)O)C(=O)N[C@H](C(=O)NCC(N)=O)CSCC(=O)N[C@@H](Cc2ccc(OC)cc2)C(=O)N(C)[C@@H](C)C(=O)N[C@@H](CC(=O)O)C(=O)N2CCC[C@H]2C(=O)N[C@@H](CN)C(=O)N[C@@H](CCC(=O)O)C(=O)N2C[C@H](O)C[C@H]2C(=O)N[C@@H](Cc2c[nH]c3ccccc23)C(=O)N[C@@H](CCN)C(=O)N[C@@H](Cc2cn(CC(=O)O)c3ccccc23)C(=O)N1C. The molecule has 0 saturated carbocycles. The van der Waals surface area contributed by atoms with E-state index in [1.165, 1.54) is 38.9 Å². The molecule has 746 valence electrons. The summed E-state index contributed by atoms with van der Waals surface area (Å²) >= 11 is 0.689. The summed E-state index contributed by atoms with van der Waals surface area (Å²) in [5.41, 5.74) is 19.9. The van der Waals surface area contributed by atoms with Gasteiger partial charge in [0.2, 0.25) is 94.5 Å². The molecule has 15 atom stereocenters. The second kappa shape index (κ2) is 51.8. The van der Waals surface area contributed by atoms with Gasteiger partial charge in [-0.1, -0.05) is 88.1 Å². The molecule has 46 nitrogen and oxygen atoms in total. The summed E-state index contributed by atoms with van der Waals surface area (Å²) in [6.07, 6.45) is -3.46. The standard InChI is InChI=1S/C90H124N20O26S/c1-8-10-20-67-83(128)98-57(28-30-73(114)115)79(124)104-65(78(123)95-42-71(93)112)46-137-47-72(113)96-61(35-49-24-26-53(136-7)27-25-49)86(131)105(4)48(3)77(122)101-63(39-75(118)119)89(134)109-34-16-23-68(109)84(129)103-64(40-92)82(127)99-59(29-31-74(116)117)88(133)110-44-52(111)38-70(110)85(130)100-60(36-50-41-94-56-19-14-12-17-54(50)56)81(126)97-58(32-33-91)80(125)102-62(87(132)107(6)69(21-11-9-2)90(135)106(67)5)37-51-43-108(45-76(120)121)66-22-15-13-18-55(51)66/h12-15,17-19,22,24-27,41,43,48,52,57-65,67-70,94,111H,8-11,16,20-21,23,28-40,42,44-47,91-92H2,1-7H3,(H2,93,112)(H,95,123)(H,96,113)(H,97,126)(H,98,128)(H,99,127)(H,100,130)(H,101,122)(H,102,125)(H,103,129)(H,104,124)(H,114,115)(H,116,117)(H,118,119)(H,120,121)/t48-,52+,57-,58-,59-,60-,61-,62-,63-,64-,65-,67-,68-,69-,70-/m0/s1. The number of hydrogen-bond acceptors (Lipinski definition) is 25. The number of aromatic amines is 1. The Labute approximate surface area is 792 Å². The van der Waals surface area contributed by atoms with E-state index in [2.05, 4.69) is 58.2 Å². The third-order valence-corrected chi connectivity index (χ3v) is 25.2. The number of carbonyl (C=O) groups excluding carboxylic acids is 16. The molecule has 0 aliphatic carbocycles. The van der Waals surface area contributed by atoms with Crippen molar-refractivity contribution in [2.45, 2.75) is 234 Å². The number of H-pyrrole nitrogens is 1. The number of aliphatic carboxylic acids is 4. The molecule has 0 unspecified atom stereocenters. The number of para-hydroxylation sites is 2. The Morgan fingerprint density at radius 1 is 0.526 bits per heavy atom. The fourth-order valence-corrected chi connectivity index (χ4v) is 17.4. The highest BCUT2D eigenvalue weighted by molar-refractivity contribution is 8.00. The lowest BCUT2D eigenvalue weighted by Crippen LogP contribution is -2.61. The average molecular weight is 1930 g/mol. The molecule has 3 aliphatic heterocycles. The van der Waals surface area contributed by atoms with Crippen LogP contribution in [0.2, 0.25) is 0 Å². The third kappa shape index (κ3) is 30.3. The van der Waals surface area contributed by atoms with Crippen molar-refractivity contribution < 1.29 is 126 Å². The molecule has 22 N–H and O–H groups in total. The predicted molar refractivity (Wildman–Crippen MR) is 493 cm³/mol. The van der Waals surface area contributed by atoms with Crippen LogP contribution < -0.4 is 75.1 Å². The Morgan fingerprint density at radius 3 is 1.70 bits per heavy atom. The number of ether oxygens (including phenoxy) is 1. The van der Waals surface area contributed by atoms with Gasteiger partial charge >= 0.3 is 23.9 Å². The van der Waals surface area contributed by atoms with Crippen LogP contribution in [0, 0.1) is 0 Å². The maximum atomic E-state index is 15.9. The predicted octanol–water partition coefficient (Wildman–Crippen LogP) is -3.70. The number of nitrogens with zero attached hydrogens (tertiary/aromatic N) is 6. The lowest BCUT2D eigenvalue weighted by Gasteiger charge is -2.36. The van der Waals surface area contributed by atoms with E-state index in [0.29, 0.717) is 68.8 Å². The van der Waals surface area contributed by atoms with E-state index in [4.69, 9.17) is 21.9 Å². The number of carbonyl (C=O) groups is 20. The molecule has 137 heavy (non-hydrogen) atoms. The first-order valence-corrected chi connectivity index (χ1v) is 46.2. The number of nitrogens with two attached hydrogens (primary N) is 3. The summed E-state index contributed by atoms with van der Waals surface area (Å²) in [5, 5.41) is 77.9. The number of aromatic nitrogens is 2. The Kier molecular flexibility index (Phi) is 41.0. The van der Waals surface area contributed by atoms with Crippen LogP contribution in [0.5, 0.6) is 5.75 Å². The van der Waals surface area contributed by atoms with Crippen molar-refractivity contribution in [2.24, 2.45) is 17.2 Å². The summed E-state index contributed by atoms with van der Waals surface area (Å²) in [6.45, 7) is 1.50. The Hall–Kier alpha value is -13.8. The van der Waals surface area contributed by atoms with Gasteiger partial charge in [0.25, 0.3) is 0 Å². The number of rotatable bonds is 29. The summed E-state index contributed by atoms with van der Waals surface area (Å²) in [4.78, 5) is 294. The molecule has 47 heteroatoms. The number of benzene rings is 3. The molecule has 8 rings (SSSR count). The normalized spacial score (nSPS) is 24.5. The number of carboxylic acids is 4. The molecule has 5 aromatic rings. The van der Waals surface area contributed by atoms with Crippen LogP contribution in [0.3, 0.4) is 0 Å². The topological polar surface area (TPSA) is 687 Å². The summed E-state index contributed by atoms with van der Waals surface area (Å²) in [7, 11) is 5.08. The highest BCUT2D eigenvalue weighted by Crippen LogP contribution is 2.29. The van der Waals surface area contributed by atoms with Crippen molar-refractivity contribution in [3.63, 3.8) is 0 Å². The number of aliphatic hydroxyl groups is 1. The number of primary amides is 1. The number of unbranched alkanes of at least 4 members (excludes halogenated alkanes) is 2. The zero-order chi connectivity index (χ0) is 101. The first-order chi connectivity index (χ1) is 65.1. The monoisotopic (exact) mass is 1930 g/mol. The van der Waals surface area contributed by atoms with Crippen LogP contribution in [0.25, 0.3) is 21.8 Å². The molecule has 3 aliphatic rings.